The normalized spacial score (nSPS) is 12.4. The van der Waals surface area contributed by atoms with Crippen molar-refractivity contribution >= 4 is 8.80 Å². The molecule has 0 unspecified atom stereocenters. The second-order valence-electron chi connectivity index (χ2n) is 3.86. The molecule has 0 aliphatic carbocycles. The fourth-order valence-electron chi connectivity index (χ4n) is 1.42. The average molecular weight is 252 g/mol. The molecule has 0 aliphatic heterocycles. The highest BCUT2D eigenvalue weighted by atomic mass is 28.4. The van der Waals surface area contributed by atoms with Gasteiger partial charge in [0, 0.05) is 12.7 Å². The molecule has 0 amide bonds. The van der Waals surface area contributed by atoms with E-state index in [4.69, 9.17) is 23.5 Å². The molecule has 98 valence electrons. The number of hydrogen-bond acceptors (Lipinski definition) is 5. The third-order valence-corrected chi connectivity index (χ3v) is 5.18. The molecule has 6 heteroatoms. The van der Waals surface area contributed by atoms with E-state index in [1.54, 1.807) is 0 Å². The van der Waals surface area contributed by atoms with Crippen LogP contribution in [0.3, 0.4) is 0 Å². The maximum atomic E-state index is 8.79. The highest BCUT2D eigenvalue weighted by Gasteiger charge is 2.41. The first-order chi connectivity index (χ1) is 7.60. The van der Waals surface area contributed by atoms with Crippen LogP contribution in [0.15, 0.2) is 0 Å². The summed E-state index contributed by atoms with van der Waals surface area (Å²) in [4.78, 5) is 0. The Balaban J connectivity index is 4.45. The van der Waals surface area contributed by atoms with Crippen molar-refractivity contribution in [1.82, 2.24) is 0 Å². The Labute approximate surface area is 98.7 Å². The van der Waals surface area contributed by atoms with Gasteiger partial charge in [-0.3, -0.25) is 0 Å². The van der Waals surface area contributed by atoms with Gasteiger partial charge < -0.3 is 23.5 Å². The van der Waals surface area contributed by atoms with Gasteiger partial charge in [-0.05, 0) is 12.8 Å². The van der Waals surface area contributed by atoms with Crippen molar-refractivity contribution in [3.8, 4) is 0 Å². The van der Waals surface area contributed by atoms with Crippen LogP contribution < -0.4 is 0 Å². The molecule has 0 rings (SSSR count). The Morgan fingerprint density at radius 1 is 1.00 bits per heavy atom. The predicted molar refractivity (Wildman–Crippen MR) is 63.1 cm³/mol. The molecule has 16 heavy (non-hydrogen) atoms. The van der Waals surface area contributed by atoms with Gasteiger partial charge in [-0.1, -0.05) is 13.8 Å². The standard InChI is InChI=1S/C10H24O5Si/c1-4-13-16(9-10(2)3,14-7-5-11)15-8-6-12/h10-12H,4-9H2,1-3H3. The van der Waals surface area contributed by atoms with Gasteiger partial charge in [0.2, 0.25) is 0 Å². The molecule has 0 radical (unpaired) electrons. The zero-order valence-electron chi connectivity index (χ0n) is 10.4. The van der Waals surface area contributed by atoms with Crippen LogP contribution in [-0.4, -0.2) is 52.1 Å². The van der Waals surface area contributed by atoms with Gasteiger partial charge >= 0.3 is 8.80 Å². The highest BCUT2D eigenvalue weighted by molar-refractivity contribution is 6.60. The van der Waals surface area contributed by atoms with Gasteiger partial charge in [0.15, 0.2) is 0 Å². The van der Waals surface area contributed by atoms with Gasteiger partial charge in [-0.2, -0.15) is 0 Å². The number of aliphatic hydroxyl groups is 2. The summed E-state index contributed by atoms with van der Waals surface area (Å²) in [6.45, 7) is 6.83. The molecular formula is C10H24O5Si. The molecule has 0 aromatic carbocycles. The van der Waals surface area contributed by atoms with E-state index in [9.17, 15) is 0 Å². The summed E-state index contributed by atoms with van der Waals surface area (Å²) in [6, 6.07) is 0.695. The van der Waals surface area contributed by atoms with E-state index in [-0.39, 0.29) is 26.4 Å². The fourth-order valence-corrected chi connectivity index (χ4v) is 4.27. The van der Waals surface area contributed by atoms with Crippen LogP contribution in [0.5, 0.6) is 0 Å². The number of hydrogen-bond donors (Lipinski definition) is 2. The molecule has 5 nitrogen and oxygen atoms in total. The Bertz CT molecular complexity index is 157. The van der Waals surface area contributed by atoms with Crippen LogP contribution in [0.25, 0.3) is 0 Å². The predicted octanol–water partition coefficient (Wildman–Crippen LogP) is 0.636. The Morgan fingerprint density at radius 2 is 1.50 bits per heavy atom. The van der Waals surface area contributed by atoms with Gasteiger partial charge in [0.05, 0.1) is 26.4 Å². The minimum atomic E-state index is -2.72. The van der Waals surface area contributed by atoms with Crippen molar-refractivity contribution < 1.29 is 23.5 Å². The second-order valence-corrected chi connectivity index (χ2v) is 6.50. The van der Waals surface area contributed by atoms with E-state index in [2.05, 4.69) is 13.8 Å². The van der Waals surface area contributed by atoms with Crippen molar-refractivity contribution in [3.05, 3.63) is 0 Å². The first-order valence-electron chi connectivity index (χ1n) is 5.73. The maximum Gasteiger partial charge on any atom is 0.501 e. The summed E-state index contributed by atoms with van der Waals surface area (Å²) in [7, 11) is -2.72. The summed E-state index contributed by atoms with van der Waals surface area (Å²) in [5, 5.41) is 17.6. The molecule has 0 bridgehead atoms. The van der Waals surface area contributed by atoms with Crippen LogP contribution in [0.1, 0.15) is 20.8 Å². The lowest BCUT2D eigenvalue weighted by atomic mass is 10.3. The van der Waals surface area contributed by atoms with Gasteiger partial charge in [0.25, 0.3) is 0 Å². The minimum absolute atomic E-state index is 0.0532. The first kappa shape index (κ1) is 16.0. The van der Waals surface area contributed by atoms with Gasteiger partial charge in [0.1, 0.15) is 0 Å². The molecule has 0 aromatic rings. The Hall–Kier alpha value is 0.0169. The third-order valence-electron chi connectivity index (χ3n) is 1.85. The van der Waals surface area contributed by atoms with Crippen molar-refractivity contribution in [2.45, 2.75) is 26.8 Å². The number of aliphatic hydroxyl groups excluding tert-OH is 2. The van der Waals surface area contributed by atoms with E-state index >= 15 is 0 Å². The van der Waals surface area contributed by atoms with E-state index in [1.807, 2.05) is 6.92 Å². The fraction of sp³-hybridized carbons (Fsp3) is 1.00. The van der Waals surface area contributed by atoms with Crippen LogP contribution >= 0.6 is 0 Å². The molecule has 2 N–H and O–H groups in total. The maximum absolute atomic E-state index is 8.79. The van der Waals surface area contributed by atoms with Crippen LogP contribution in [0, 0.1) is 5.92 Å². The van der Waals surface area contributed by atoms with Crippen LogP contribution in [-0.2, 0) is 13.3 Å². The molecule has 0 atom stereocenters. The zero-order valence-corrected chi connectivity index (χ0v) is 11.4. The molecule has 0 spiro atoms. The number of rotatable bonds is 10. The summed E-state index contributed by atoms with van der Waals surface area (Å²) in [5.41, 5.74) is 0. The van der Waals surface area contributed by atoms with Crippen molar-refractivity contribution in [2.24, 2.45) is 5.92 Å². The summed E-state index contributed by atoms with van der Waals surface area (Å²) in [6.07, 6.45) is 0. The lowest BCUT2D eigenvalue weighted by Crippen LogP contribution is -2.48. The SMILES string of the molecule is CCO[Si](CC(C)C)(OCCO)OCCO. The molecule has 0 aromatic heterocycles. The van der Waals surface area contributed by atoms with Crippen molar-refractivity contribution in [2.75, 3.05) is 33.0 Å². The van der Waals surface area contributed by atoms with E-state index in [0.29, 0.717) is 18.6 Å². The van der Waals surface area contributed by atoms with E-state index in [1.165, 1.54) is 0 Å². The van der Waals surface area contributed by atoms with E-state index in [0.717, 1.165) is 0 Å². The molecular weight excluding hydrogens is 228 g/mol. The molecule has 0 fully saturated rings. The summed E-state index contributed by atoms with van der Waals surface area (Å²) >= 11 is 0. The van der Waals surface area contributed by atoms with Gasteiger partial charge in [-0.15, -0.1) is 0 Å². The lowest BCUT2D eigenvalue weighted by molar-refractivity contribution is 0.0371. The van der Waals surface area contributed by atoms with Crippen molar-refractivity contribution in [3.63, 3.8) is 0 Å². The monoisotopic (exact) mass is 252 g/mol. The van der Waals surface area contributed by atoms with E-state index < -0.39 is 8.80 Å². The highest BCUT2D eigenvalue weighted by Crippen LogP contribution is 2.21. The molecule has 0 aliphatic rings. The summed E-state index contributed by atoms with van der Waals surface area (Å²) in [5.74, 6) is 0.385. The third kappa shape index (κ3) is 6.57. The van der Waals surface area contributed by atoms with Gasteiger partial charge in [-0.25, -0.2) is 0 Å². The zero-order chi connectivity index (χ0) is 12.4. The Morgan fingerprint density at radius 3 is 1.81 bits per heavy atom. The Kier molecular flexibility index (Phi) is 9.10. The largest absolute Gasteiger partial charge is 0.501 e. The molecule has 0 saturated heterocycles. The molecule has 0 heterocycles. The smallest absolute Gasteiger partial charge is 0.394 e. The van der Waals surface area contributed by atoms with Crippen LogP contribution in [0.4, 0.5) is 0 Å². The quantitative estimate of drug-likeness (QED) is 0.558. The van der Waals surface area contributed by atoms with Crippen LogP contribution in [0.2, 0.25) is 6.04 Å². The average Bonchev–Trinajstić information content (AvgIpc) is 2.23. The molecule has 0 saturated carbocycles. The second kappa shape index (κ2) is 9.09. The lowest BCUT2D eigenvalue weighted by Gasteiger charge is -2.30. The first-order valence-corrected chi connectivity index (χ1v) is 7.67. The minimum Gasteiger partial charge on any atom is -0.394 e. The summed E-state index contributed by atoms with van der Waals surface area (Å²) < 4.78 is 16.7. The topological polar surface area (TPSA) is 68.2 Å². The van der Waals surface area contributed by atoms with Crippen molar-refractivity contribution in [1.29, 1.82) is 0 Å².